The summed E-state index contributed by atoms with van der Waals surface area (Å²) in [5, 5.41) is 7.64. The molecule has 2 aliphatic heterocycles. The molecule has 0 radical (unpaired) electrons. The Labute approximate surface area is 214 Å². The average molecular weight is 506 g/mol. The summed E-state index contributed by atoms with van der Waals surface area (Å²) in [5.41, 5.74) is 2.66. The van der Waals surface area contributed by atoms with Crippen LogP contribution < -0.4 is 15.0 Å². The van der Waals surface area contributed by atoms with Gasteiger partial charge in [0.05, 0.1) is 25.4 Å². The van der Waals surface area contributed by atoms with Crippen LogP contribution in [0.25, 0.3) is 16.9 Å². The number of fused-ring (bicyclic) bond motifs is 1. The Morgan fingerprint density at radius 3 is 2.64 bits per heavy atom. The number of nitrogens with one attached hydrogen (secondary N) is 1. The Kier molecular flexibility index (Phi) is 6.97. The Hall–Kier alpha value is -3.21. The molecule has 4 aromatic rings. The van der Waals surface area contributed by atoms with Crippen LogP contribution in [0.4, 0.5) is 11.8 Å². The van der Waals surface area contributed by atoms with E-state index in [4.69, 9.17) is 19.4 Å². The van der Waals surface area contributed by atoms with E-state index in [1.165, 1.54) is 0 Å². The fourth-order valence-electron chi connectivity index (χ4n) is 4.97. The minimum absolute atomic E-state index is 0.529. The van der Waals surface area contributed by atoms with Gasteiger partial charge in [0, 0.05) is 37.6 Å². The lowest BCUT2D eigenvalue weighted by Crippen LogP contribution is -2.49. The van der Waals surface area contributed by atoms with Crippen LogP contribution in [-0.4, -0.2) is 83.0 Å². The van der Waals surface area contributed by atoms with E-state index >= 15 is 0 Å². The first-order valence-electron chi connectivity index (χ1n) is 12.6. The van der Waals surface area contributed by atoms with Crippen molar-refractivity contribution < 1.29 is 9.47 Å². The largest absolute Gasteiger partial charge is 0.492 e. The van der Waals surface area contributed by atoms with Gasteiger partial charge in [-0.1, -0.05) is 18.2 Å². The number of piperidine rings is 1. The van der Waals surface area contributed by atoms with Gasteiger partial charge in [-0.3, -0.25) is 9.47 Å². The number of ether oxygens (including phenoxy) is 2. The first kappa shape index (κ1) is 23.2. The second-order valence-electron chi connectivity index (χ2n) is 9.10. The molecule has 0 saturated carbocycles. The molecule has 3 aromatic heterocycles. The maximum absolute atomic E-state index is 5.87. The second-order valence-corrected chi connectivity index (χ2v) is 9.88. The predicted octanol–water partition coefficient (Wildman–Crippen LogP) is 3.67. The van der Waals surface area contributed by atoms with Gasteiger partial charge in [-0.25, -0.2) is 4.98 Å². The number of benzene rings is 1. The maximum Gasteiger partial charge on any atom is 0.229 e. The van der Waals surface area contributed by atoms with Crippen LogP contribution in [0.2, 0.25) is 0 Å². The molecule has 0 atom stereocenters. The smallest absolute Gasteiger partial charge is 0.229 e. The Morgan fingerprint density at radius 1 is 1.03 bits per heavy atom. The minimum atomic E-state index is 0.529. The lowest BCUT2D eigenvalue weighted by Gasteiger charge is -2.40. The third kappa shape index (κ3) is 5.02. The zero-order valence-electron chi connectivity index (χ0n) is 20.3. The van der Waals surface area contributed by atoms with E-state index in [1.807, 2.05) is 41.2 Å². The average Bonchev–Trinajstić information content (AvgIpc) is 3.62. The minimum Gasteiger partial charge on any atom is -0.492 e. The monoisotopic (exact) mass is 505 g/mol. The standard InChI is InChI=1S/C26H31N7O2S/c1-2-4-22(5-3-1)35-14-9-27-24-23-25(33(19-28-23)21-8-17-36-18-21)30-26(29-24)32-10-6-20(7-11-32)31-12-15-34-16-13-31/h1-5,8,17-20H,6-7,9-16H2,(H,27,29,30). The summed E-state index contributed by atoms with van der Waals surface area (Å²) >= 11 is 1.66. The number of thiophene rings is 1. The number of hydrogen-bond donors (Lipinski definition) is 1. The van der Waals surface area contributed by atoms with Crippen LogP contribution in [0.5, 0.6) is 5.75 Å². The molecule has 5 heterocycles. The fourth-order valence-corrected chi connectivity index (χ4v) is 5.59. The lowest BCUT2D eigenvalue weighted by atomic mass is 10.0. The summed E-state index contributed by atoms with van der Waals surface area (Å²) < 4.78 is 13.4. The molecule has 0 amide bonds. The highest BCUT2D eigenvalue weighted by Crippen LogP contribution is 2.28. The zero-order chi connectivity index (χ0) is 24.2. The molecule has 0 aliphatic carbocycles. The van der Waals surface area contributed by atoms with E-state index < -0.39 is 0 Å². The third-order valence-electron chi connectivity index (χ3n) is 6.88. The van der Waals surface area contributed by atoms with Gasteiger partial charge in [0.25, 0.3) is 0 Å². The van der Waals surface area contributed by atoms with E-state index in [-0.39, 0.29) is 0 Å². The normalized spacial score (nSPS) is 17.5. The van der Waals surface area contributed by atoms with E-state index in [0.29, 0.717) is 19.2 Å². The van der Waals surface area contributed by atoms with Crippen LogP contribution in [0.3, 0.4) is 0 Å². The van der Waals surface area contributed by atoms with Gasteiger partial charge in [-0.05, 0) is 36.4 Å². The molecule has 2 saturated heterocycles. The van der Waals surface area contributed by atoms with Crippen molar-refractivity contribution in [3.8, 4) is 11.4 Å². The van der Waals surface area contributed by atoms with Gasteiger partial charge < -0.3 is 19.7 Å². The molecule has 36 heavy (non-hydrogen) atoms. The van der Waals surface area contributed by atoms with Crippen LogP contribution in [0.15, 0.2) is 53.5 Å². The molecular formula is C26H31N7O2S. The number of para-hydroxylation sites is 1. The van der Waals surface area contributed by atoms with Crippen molar-refractivity contribution in [3.05, 3.63) is 53.5 Å². The van der Waals surface area contributed by atoms with Crippen molar-refractivity contribution in [2.45, 2.75) is 18.9 Å². The van der Waals surface area contributed by atoms with Gasteiger partial charge in [0.1, 0.15) is 18.7 Å². The van der Waals surface area contributed by atoms with Gasteiger partial charge in [-0.2, -0.15) is 21.3 Å². The topological polar surface area (TPSA) is 80.6 Å². The molecule has 2 fully saturated rings. The van der Waals surface area contributed by atoms with Crippen molar-refractivity contribution in [2.75, 3.05) is 62.8 Å². The number of imidazole rings is 1. The summed E-state index contributed by atoms with van der Waals surface area (Å²) in [5.74, 6) is 2.36. The summed E-state index contributed by atoms with van der Waals surface area (Å²) in [6, 6.07) is 12.6. The van der Waals surface area contributed by atoms with Crippen molar-refractivity contribution in [2.24, 2.45) is 0 Å². The molecule has 0 spiro atoms. The van der Waals surface area contributed by atoms with Crippen molar-refractivity contribution in [1.82, 2.24) is 24.4 Å². The number of rotatable bonds is 8. The highest BCUT2D eigenvalue weighted by molar-refractivity contribution is 7.08. The van der Waals surface area contributed by atoms with Gasteiger partial charge in [0.2, 0.25) is 5.95 Å². The number of nitrogens with zero attached hydrogens (tertiary/aromatic N) is 6. The summed E-state index contributed by atoms with van der Waals surface area (Å²) in [4.78, 5) is 19.5. The molecule has 0 unspecified atom stereocenters. The highest BCUT2D eigenvalue weighted by atomic mass is 32.1. The lowest BCUT2D eigenvalue weighted by molar-refractivity contribution is 0.0114. The van der Waals surface area contributed by atoms with Crippen molar-refractivity contribution >= 4 is 34.3 Å². The molecule has 0 bridgehead atoms. The Morgan fingerprint density at radius 2 is 1.86 bits per heavy atom. The number of aromatic nitrogens is 4. The van der Waals surface area contributed by atoms with E-state index in [9.17, 15) is 0 Å². The number of morpholine rings is 1. The number of anilines is 2. The highest BCUT2D eigenvalue weighted by Gasteiger charge is 2.28. The van der Waals surface area contributed by atoms with Gasteiger partial charge in [-0.15, -0.1) is 0 Å². The molecule has 1 N–H and O–H groups in total. The van der Waals surface area contributed by atoms with Crippen molar-refractivity contribution in [3.63, 3.8) is 0 Å². The SMILES string of the molecule is c1ccc(OCCNc2nc(N3CCC(N4CCOCC4)CC3)nc3c2ncn3-c2ccsc2)cc1. The first-order chi connectivity index (χ1) is 17.8. The number of hydrogen-bond acceptors (Lipinski definition) is 9. The quantitative estimate of drug-likeness (QED) is 0.364. The van der Waals surface area contributed by atoms with Crippen LogP contribution >= 0.6 is 11.3 Å². The molecule has 2 aliphatic rings. The summed E-state index contributed by atoms with van der Waals surface area (Å²) in [7, 11) is 0. The van der Waals surface area contributed by atoms with Crippen LogP contribution in [0.1, 0.15) is 12.8 Å². The molecular weight excluding hydrogens is 474 g/mol. The molecule has 6 rings (SSSR count). The predicted molar refractivity (Wildman–Crippen MR) is 143 cm³/mol. The van der Waals surface area contributed by atoms with Gasteiger partial charge in [0.15, 0.2) is 17.0 Å². The zero-order valence-corrected chi connectivity index (χ0v) is 21.1. The second kappa shape index (κ2) is 10.8. The summed E-state index contributed by atoms with van der Waals surface area (Å²) in [6.45, 7) is 6.78. The van der Waals surface area contributed by atoms with E-state index in [1.54, 1.807) is 11.3 Å². The summed E-state index contributed by atoms with van der Waals surface area (Å²) in [6.07, 6.45) is 4.05. The van der Waals surface area contributed by atoms with Crippen LogP contribution in [-0.2, 0) is 4.74 Å². The molecule has 9 nitrogen and oxygen atoms in total. The third-order valence-corrected chi connectivity index (χ3v) is 7.56. The van der Waals surface area contributed by atoms with Crippen LogP contribution in [0, 0.1) is 0 Å². The Bertz CT molecular complexity index is 1250. The molecule has 188 valence electrons. The molecule has 1 aromatic carbocycles. The Balaban J connectivity index is 1.21. The maximum atomic E-state index is 5.87. The molecule has 10 heteroatoms. The van der Waals surface area contributed by atoms with E-state index in [2.05, 4.69) is 36.9 Å². The fraction of sp³-hybridized carbons (Fsp3) is 0.423. The van der Waals surface area contributed by atoms with E-state index in [0.717, 1.165) is 86.6 Å². The first-order valence-corrected chi connectivity index (χ1v) is 13.6. The van der Waals surface area contributed by atoms with Gasteiger partial charge >= 0.3 is 0 Å². The van der Waals surface area contributed by atoms with Crippen molar-refractivity contribution in [1.29, 1.82) is 0 Å².